The molecule has 0 aromatic heterocycles. The number of benzene rings is 1. The maximum Gasteiger partial charge on any atom is 0.408 e. The molecular formula is C26H37N3O6S. The van der Waals surface area contributed by atoms with Gasteiger partial charge in [0.15, 0.2) is 0 Å². The minimum absolute atomic E-state index is 0.0131. The zero-order valence-corrected chi connectivity index (χ0v) is 22.5. The maximum atomic E-state index is 13.8. The van der Waals surface area contributed by atoms with E-state index in [-0.39, 0.29) is 13.1 Å². The highest BCUT2D eigenvalue weighted by Gasteiger charge is 2.35. The fourth-order valence-corrected chi connectivity index (χ4v) is 3.73. The molecule has 2 N–H and O–H groups in total. The fraction of sp³-hybridized carbons (Fsp3) is 0.462. The second-order valence-corrected chi connectivity index (χ2v) is 9.82. The van der Waals surface area contributed by atoms with Crippen molar-refractivity contribution in [3.63, 3.8) is 0 Å². The SMILES string of the molecule is C=CCN(C(=O)C(CCSC)NC(=O)OC(C)(C)C)C(C(=O)NCC(=O)OC)c1cccc(C=C)c1. The van der Waals surface area contributed by atoms with Gasteiger partial charge in [-0.3, -0.25) is 14.4 Å². The Balaban J connectivity index is 3.44. The highest BCUT2D eigenvalue weighted by molar-refractivity contribution is 7.98. The predicted octanol–water partition coefficient (Wildman–Crippen LogP) is 3.32. The van der Waals surface area contributed by atoms with E-state index in [1.54, 1.807) is 45.0 Å². The minimum Gasteiger partial charge on any atom is -0.468 e. The molecule has 0 aliphatic heterocycles. The molecule has 2 atom stereocenters. The molecule has 198 valence electrons. The lowest BCUT2D eigenvalue weighted by atomic mass is 10.00. The zero-order valence-electron chi connectivity index (χ0n) is 21.7. The Morgan fingerprint density at radius 2 is 1.89 bits per heavy atom. The summed E-state index contributed by atoms with van der Waals surface area (Å²) in [6, 6.07) is 4.93. The van der Waals surface area contributed by atoms with Gasteiger partial charge in [-0.25, -0.2) is 4.79 Å². The van der Waals surface area contributed by atoms with E-state index < -0.39 is 41.6 Å². The number of rotatable bonds is 13. The summed E-state index contributed by atoms with van der Waals surface area (Å²) in [5.41, 5.74) is 0.500. The summed E-state index contributed by atoms with van der Waals surface area (Å²) < 4.78 is 9.97. The second kappa shape index (κ2) is 15.0. The van der Waals surface area contributed by atoms with Gasteiger partial charge >= 0.3 is 12.1 Å². The van der Waals surface area contributed by atoms with Gasteiger partial charge in [0.1, 0.15) is 24.2 Å². The molecule has 0 radical (unpaired) electrons. The van der Waals surface area contributed by atoms with E-state index >= 15 is 0 Å². The highest BCUT2D eigenvalue weighted by Crippen LogP contribution is 2.25. The molecule has 0 saturated carbocycles. The molecule has 1 aromatic rings. The van der Waals surface area contributed by atoms with Crippen molar-refractivity contribution in [3.05, 3.63) is 54.6 Å². The van der Waals surface area contributed by atoms with Crippen LogP contribution in [0.1, 0.15) is 44.4 Å². The summed E-state index contributed by atoms with van der Waals surface area (Å²) in [7, 11) is 1.21. The number of hydrogen-bond acceptors (Lipinski definition) is 7. The van der Waals surface area contributed by atoms with Crippen LogP contribution in [0, 0.1) is 0 Å². The molecule has 9 nitrogen and oxygen atoms in total. The first-order valence-electron chi connectivity index (χ1n) is 11.4. The first-order chi connectivity index (χ1) is 17.0. The van der Waals surface area contributed by atoms with Crippen LogP contribution >= 0.6 is 11.8 Å². The van der Waals surface area contributed by atoms with Gasteiger partial charge in [0.25, 0.3) is 0 Å². The molecule has 0 fully saturated rings. The number of alkyl carbamates (subject to hydrolysis) is 1. The molecule has 1 aromatic carbocycles. The number of thioether (sulfide) groups is 1. The summed E-state index contributed by atoms with van der Waals surface area (Å²) in [6.45, 7) is 12.3. The van der Waals surface area contributed by atoms with E-state index in [1.165, 1.54) is 29.8 Å². The van der Waals surface area contributed by atoms with Crippen molar-refractivity contribution >= 4 is 41.7 Å². The summed E-state index contributed by atoms with van der Waals surface area (Å²) in [6.07, 6.45) is 4.59. The van der Waals surface area contributed by atoms with Gasteiger partial charge in [-0.15, -0.1) is 6.58 Å². The molecule has 0 aliphatic carbocycles. The van der Waals surface area contributed by atoms with E-state index in [9.17, 15) is 19.2 Å². The number of hydrogen-bond donors (Lipinski definition) is 2. The molecule has 2 unspecified atom stereocenters. The number of esters is 1. The van der Waals surface area contributed by atoms with E-state index in [4.69, 9.17) is 4.74 Å². The summed E-state index contributed by atoms with van der Waals surface area (Å²) in [4.78, 5) is 52.6. The normalized spacial score (nSPS) is 12.5. The van der Waals surface area contributed by atoms with Gasteiger partial charge in [0.05, 0.1) is 7.11 Å². The van der Waals surface area contributed by atoms with Crippen LogP contribution in [0.15, 0.2) is 43.5 Å². The van der Waals surface area contributed by atoms with E-state index in [0.717, 1.165) is 5.56 Å². The Labute approximate surface area is 217 Å². The molecule has 0 saturated heterocycles. The first-order valence-corrected chi connectivity index (χ1v) is 12.8. The largest absolute Gasteiger partial charge is 0.468 e. The van der Waals surface area contributed by atoms with Gasteiger partial charge in [-0.1, -0.05) is 36.9 Å². The monoisotopic (exact) mass is 519 g/mol. The highest BCUT2D eigenvalue weighted by atomic mass is 32.2. The van der Waals surface area contributed by atoms with Crippen LogP contribution in [0.4, 0.5) is 4.79 Å². The number of carbonyl (C=O) groups excluding carboxylic acids is 4. The Bertz CT molecular complexity index is 944. The second-order valence-electron chi connectivity index (χ2n) is 8.83. The minimum atomic E-state index is -1.11. The van der Waals surface area contributed by atoms with Gasteiger partial charge in [-0.2, -0.15) is 11.8 Å². The van der Waals surface area contributed by atoms with E-state index in [1.807, 2.05) is 12.3 Å². The first kappa shape index (κ1) is 30.8. The van der Waals surface area contributed by atoms with Crippen LogP contribution in [0.2, 0.25) is 0 Å². The van der Waals surface area contributed by atoms with Crippen molar-refractivity contribution < 1.29 is 28.7 Å². The van der Waals surface area contributed by atoms with E-state index in [0.29, 0.717) is 17.7 Å². The van der Waals surface area contributed by atoms with Gasteiger partial charge in [-0.05, 0) is 56.4 Å². The Hall–Kier alpha value is -3.27. The number of nitrogens with zero attached hydrogens (tertiary/aromatic N) is 1. The van der Waals surface area contributed by atoms with Crippen LogP contribution in [0.3, 0.4) is 0 Å². The van der Waals surface area contributed by atoms with Crippen molar-refractivity contribution in [2.24, 2.45) is 0 Å². The molecule has 0 heterocycles. The average Bonchev–Trinajstić information content (AvgIpc) is 2.83. The molecule has 3 amide bonds. The number of amides is 3. The van der Waals surface area contributed by atoms with E-state index in [2.05, 4.69) is 28.5 Å². The van der Waals surface area contributed by atoms with Crippen molar-refractivity contribution in [1.82, 2.24) is 15.5 Å². The van der Waals surface area contributed by atoms with Crippen LogP contribution in [0.25, 0.3) is 6.08 Å². The molecule has 10 heteroatoms. The molecule has 0 bridgehead atoms. The topological polar surface area (TPSA) is 114 Å². The third kappa shape index (κ3) is 10.2. The van der Waals surface area contributed by atoms with Crippen LogP contribution in [-0.2, 0) is 23.9 Å². The van der Waals surface area contributed by atoms with Crippen molar-refractivity contribution in [3.8, 4) is 0 Å². The zero-order chi connectivity index (χ0) is 27.3. The fourth-order valence-electron chi connectivity index (χ4n) is 3.26. The Morgan fingerprint density at radius 3 is 2.44 bits per heavy atom. The van der Waals surface area contributed by atoms with Crippen molar-refractivity contribution in [1.29, 1.82) is 0 Å². The molecule has 0 spiro atoms. The average molecular weight is 520 g/mol. The smallest absolute Gasteiger partial charge is 0.408 e. The van der Waals surface area contributed by atoms with Gasteiger partial charge in [0, 0.05) is 6.54 Å². The van der Waals surface area contributed by atoms with Crippen LogP contribution in [-0.4, -0.2) is 72.6 Å². The molecule has 1 rings (SSSR count). The molecular weight excluding hydrogens is 482 g/mol. The summed E-state index contributed by atoms with van der Waals surface area (Å²) in [5, 5.41) is 5.19. The lowest BCUT2D eigenvalue weighted by Crippen LogP contribution is -2.53. The number of carbonyl (C=O) groups is 4. The van der Waals surface area contributed by atoms with Gasteiger partial charge < -0.3 is 25.0 Å². The number of methoxy groups -OCH3 is 1. The molecule has 0 aliphatic rings. The predicted molar refractivity (Wildman–Crippen MR) is 142 cm³/mol. The quantitative estimate of drug-likeness (QED) is 0.304. The van der Waals surface area contributed by atoms with Crippen molar-refractivity contribution in [2.75, 3.05) is 32.2 Å². The third-order valence-electron chi connectivity index (χ3n) is 4.87. The van der Waals surface area contributed by atoms with Crippen LogP contribution < -0.4 is 10.6 Å². The van der Waals surface area contributed by atoms with Crippen molar-refractivity contribution in [2.45, 2.75) is 44.9 Å². The lowest BCUT2D eigenvalue weighted by Gasteiger charge is -2.34. The lowest BCUT2D eigenvalue weighted by molar-refractivity contribution is -0.144. The number of ether oxygens (including phenoxy) is 2. The summed E-state index contributed by atoms with van der Waals surface area (Å²) >= 11 is 1.52. The summed E-state index contributed by atoms with van der Waals surface area (Å²) in [5.74, 6) is -1.12. The molecule has 36 heavy (non-hydrogen) atoms. The maximum absolute atomic E-state index is 13.8. The van der Waals surface area contributed by atoms with Crippen LogP contribution in [0.5, 0.6) is 0 Å². The Kier molecular flexibility index (Phi) is 12.8. The number of nitrogens with one attached hydrogen (secondary N) is 2. The standard InChI is InChI=1S/C26H37N3O6S/c1-8-14-29(24(32)20(13-15-36-7)28-25(33)35-26(3,4)5)22(23(31)27-17-21(30)34-6)19-12-10-11-18(9-2)16-19/h8-12,16,20,22H,1-2,13-15,17H2,3-7H3,(H,27,31)(H,28,33). The Morgan fingerprint density at radius 1 is 1.19 bits per heavy atom. The van der Waals surface area contributed by atoms with Gasteiger partial charge in [0.2, 0.25) is 11.8 Å². The third-order valence-corrected chi connectivity index (χ3v) is 5.51.